The van der Waals surface area contributed by atoms with Crippen molar-refractivity contribution in [1.82, 2.24) is 9.78 Å². The Morgan fingerprint density at radius 2 is 2.16 bits per heavy atom. The maximum absolute atomic E-state index is 13.7. The van der Waals surface area contributed by atoms with Crippen LogP contribution >= 0.6 is 11.3 Å². The van der Waals surface area contributed by atoms with Crippen LogP contribution in [0.3, 0.4) is 0 Å². The molecular formula is C18H18FN3O2S. The highest BCUT2D eigenvalue weighted by Crippen LogP contribution is 2.19. The van der Waals surface area contributed by atoms with Crippen molar-refractivity contribution in [3.05, 3.63) is 64.7 Å². The molecule has 3 aromatic rings. The number of aromatic nitrogens is 2. The molecule has 0 saturated carbocycles. The number of hydrogen-bond acceptors (Lipinski definition) is 4. The molecule has 25 heavy (non-hydrogen) atoms. The predicted molar refractivity (Wildman–Crippen MR) is 95.4 cm³/mol. The largest absolute Gasteiger partial charge is 0.478 e. The molecule has 1 atom stereocenters. The zero-order chi connectivity index (χ0) is 17.6. The SMILES string of the molecule is CC[C@H](Oc1ccccc1F)C(=O)Nc1ccnn1Cc1cccs1. The van der Waals surface area contributed by atoms with Gasteiger partial charge in [-0.05, 0) is 30.0 Å². The molecule has 5 nitrogen and oxygen atoms in total. The van der Waals surface area contributed by atoms with Gasteiger partial charge < -0.3 is 10.1 Å². The summed E-state index contributed by atoms with van der Waals surface area (Å²) in [6.07, 6.45) is 1.25. The van der Waals surface area contributed by atoms with E-state index in [9.17, 15) is 9.18 Å². The minimum Gasteiger partial charge on any atom is -0.478 e. The predicted octanol–water partition coefficient (Wildman–Crippen LogP) is 3.93. The van der Waals surface area contributed by atoms with Crippen molar-refractivity contribution >= 4 is 23.1 Å². The fourth-order valence-corrected chi connectivity index (χ4v) is 3.02. The van der Waals surface area contributed by atoms with Crippen molar-refractivity contribution in [2.45, 2.75) is 26.0 Å². The monoisotopic (exact) mass is 359 g/mol. The minimum atomic E-state index is -0.790. The number of carbonyl (C=O) groups excluding carboxylic acids is 1. The van der Waals surface area contributed by atoms with E-state index in [0.29, 0.717) is 18.8 Å². The summed E-state index contributed by atoms with van der Waals surface area (Å²) in [4.78, 5) is 13.6. The summed E-state index contributed by atoms with van der Waals surface area (Å²) < 4.78 is 21.0. The molecule has 0 aliphatic rings. The van der Waals surface area contributed by atoms with Crippen LogP contribution in [0.5, 0.6) is 5.75 Å². The minimum absolute atomic E-state index is 0.0663. The standard InChI is InChI=1S/C18H18FN3O2S/c1-2-15(24-16-8-4-3-7-14(16)19)18(23)21-17-9-10-20-22(17)12-13-6-5-11-25-13/h3-11,15H,2,12H2,1H3,(H,21,23)/t15-/m0/s1. The van der Waals surface area contributed by atoms with Gasteiger partial charge >= 0.3 is 0 Å². The molecule has 1 amide bonds. The number of carbonyl (C=O) groups is 1. The average Bonchev–Trinajstić information content (AvgIpc) is 3.27. The van der Waals surface area contributed by atoms with Crippen LogP contribution in [-0.4, -0.2) is 21.8 Å². The van der Waals surface area contributed by atoms with Crippen molar-refractivity contribution in [1.29, 1.82) is 0 Å². The molecule has 0 unspecified atom stereocenters. The van der Waals surface area contributed by atoms with Crippen molar-refractivity contribution in [3.8, 4) is 5.75 Å². The van der Waals surface area contributed by atoms with E-state index < -0.39 is 11.9 Å². The second-order valence-electron chi connectivity index (χ2n) is 5.39. The lowest BCUT2D eigenvalue weighted by molar-refractivity contribution is -0.123. The second kappa shape index (κ2) is 7.94. The Morgan fingerprint density at radius 3 is 2.88 bits per heavy atom. The molecule has 0 aliphatic heterocycles. The Bertz CT molecular complexity index is 832. The molecular weight excluding hydrogens is 341 g/mol. The zero-order valence-electron chi connectivity index (χ0n) is 13.7. The summed E-state index contributed by atoms with van der Waals surface area (Å²) >= 11 is 1.62. The number of thiophene rings is 1. The van der Waals surface area contributed by atoms with Gasteiger partial charge in [0.15, 0.2) is 17.7 Å². The molecule has 2 aromatic heterocycles. The highest BCUT2D eigenvalue weighted by molar-refractivity contribution is 7.09. The summed E-state index contributed by atoms with van der Waals surface area (Å²) in [5.41, 5.74) is 0. The molecule has 2 heterocycles. The third-order valence-corrected chi connectivity index (χ3v) is 4.48. The van der Waals surface area contributed by atoms with E-state index in [1.54, 1.807) is 40.4 Å². The van der Waals surface area contributed by atoms with Gasteiger partial charge in [-0.3, -0.25) is 4.79 Å². The Hall–Kier alpha value is -2.67. The Balaban J connectivity index is 1.68. The van der Waals surface area contributed by atoms with Gasteiger partial charge in [-0.1, -0.05) is 25.1 Å². The molecule has 0 bridgehead atoms. The first-order valence-corrected chi connectivity index (χ1v) is 8.81. The number of amides is 1. The van der Waals surface area contributed by atoms with E-state index in [1.807, 2.05) is 24.4 Å². The van der Waals surface area contributed by atoms with E-state index in [2.05, 4.69) is 10.4 Å². The fraction of sp³-hybridized carbons (Fsp3) is 0.222. The summed E-state index contributed by atoms with van der Waals surface area (Å²) in [5.74, 6) is -0.180. The number of rotatable bonds is 7. The third-order valence-electron chi connectivity index (χ3n) is 3.62. The highest BCUT2D eigenvalue weighted by atomic mass is 32.1. The molecule has 0 saturated heterocycles. The summed E-state index contributed by atoms with van der Waals surface area (Å²) in [6, 6.07) is 11.8. The van der Waals surface area contributed by atoms with Crippen molar-refractivity contribution < 1.29 is 13.9 Å². The maximum atomic E-state index is 13.7. The van der Waals surface area contributed by atoms with E-state index >= 15 is 0 Å². The van der Waals surface area contributed by atoms with Gasteiger partial charge in [-0.15, -0.1) is 11.3 Å². The van der Waals surface area contributed by atoms with Crippen LogP contribution < -0.4 is 10.1 Å². The third kappa shape index (κ3) is 4.24. The van der Waals surface area contributed by atoms with Crippen LogP contribution in [0.4, 0.5) is 10.2 Å². The van der Waals surface area contributed by atoms with Gasteiger partial charge in [0.05, 0.1) is 12.7 Å². The van der Waals surface area contributed by atoms with Gasteiger partial charge in [0.25, 0.3) is 5.91 Å². The molecule has 0 spiro atoms. The van der Waals surface area contributed by atoms with E-state index in [4.69, 9.17) is 4.74 Å². The van der Waals surface area contributed by atoms with Crippen LogP contribution in [-0.2, 0) is 11.3 Å². The van der Waals surface area contributed by atoms with Crippen molar-refractivity contribution in [2.75, 3.05) is 5.32 Å². The first-order valence-electron chi connectivity index (χ1n) is 7.93. The normalized spacial score (nSPS) is 11.9. The number of halogens is 1. The average molecular weight is 359 g/mol. The summed E-state index contributed by atoms with van der Waals surface area (Å²) in [7, 11) is 0. The van der Waals surface area contributed by atoms with Crippen molar-refractivity contribution in [3.63, 3.8) is 0 Å². The molecule has 7 heteroatoms. The fourth-order valence-electron chi connectivity index (χ4n) is 2.34. The molecule has 0 fully saturated rings. The summed E-state index contributed by atoms with van der Waals surface area (Å²) in [5, 5.41) is 9.04. The number of ether oxygens (including phenoxy) is 1. The number of hydrogen-bond donors (Lipinski definition) is 1. The smallest absolute Gasteiger partial charge is 0.266 e. The number of nitrogens with one attached hydrogen (secondary N) is 1. The van der Waals surface area contributed by atoms with Crippen LogP contribution in [0.25, 0.3) is 0 Å². The molecule has 1 aromatic carbocycles. The molecule has 0 aliphatic carbocycles. The molecule has 130 valence electrons. The number of anilines is 1. The van der Waals surface area contributed by atoms with Gasteiger partial charge in [0.2, 0.25) is 0 Å². The van der Waals surface area contributed by atoms with Gasteiger partial charge in [0.1, 0.15) is 5.82 Å². The number of benzene rings is 1. The zero-order valence-corrected chi connectivity index (χ0v) is 14.5. The topological polar surface area (TPSA) is 56.1 Å². The number of para-hydroxylation sites is 1. The maximum Gasteiger partial charge on any atom is 0.266 e. The van der Waals surface area contributed by atoms with Crippen LogP contribution in [0.1, 0.15) is 18.2 Å². The van der Waals surface area contributed by atoms with Crippen LogP contribution in [0.15, 0.2) is 54.0 Å². The van der Waals surface area contributed by atoms with E-state index in [1.165, 1.54) is 12.1 Å². The van der Waals surface area contributed by atoms with E-state index in [0.717, 1.165) is 4.88 Å². The lowest BCUT2D eigenvalue weighted by atomic mass is 10.2. The lowest BCUT2D eigenvalue weighted by Gasteiger charge is -2.18. The van der Waals surface area contributed by atoms with Crippen molar-refractivity contribution in [2.24, 2.45) is 0 Å². The Kier molecular flexibility index (Phi) is 5.45. The first-order chi connectivity index (χ1) is 12.2. The Labute approximate surface area is 149 Å². The quantitative estimate of drug-likeness (QED) is 0.695. The van der Waals surface area contributed by atoms with Gasteiger partial charge in [0, 0.05) is 10.9 Å². The first kappa shape index (κ1) is 17.2. The molecule has 3 rings (SSSR count). The highest BCUT2D eigenvalue weighted by Gasteiger charge is 2.21. The lowest BCUT2D eigenvalue weighted by Crippen LogP contribution is -2.33. The summed E-state index contributed by atoms with van der Waals surface area (Å²) in [6.45, 7) is 2.39. The Morgan fingerprint density at radius 1 is 1.32 bits per heavy atom. The number of nitrogens with zero attached hydrogens (tertiary/aromatic N) is 2. The molecule has 0 radical (unpaired) electrons. The van der Waals surface area contributed by atoms with Gasteiger partial charge in [-0.2, -0.15) is 5.10 Å². The van der Waals surface area contributed by atoms with Gasteiger partial charge in [-0.25, -0.2) is 9.07 Å². The van der Waals surface area contributed by atoms with Crippen LogP contribution in [0.2, 0.25) is 0 Å². The second-order valence-corrected chi connectivity index (χ2v) is 6.42. The van der Waals surface area contributed by atoms with E-state index in [-0.39, 0.29) is 11.7 Å². The van der Waals surface area contributed by atoms with Crippen LogP contribution in [0, 0.1) is 5.82 Å². The molecule has 1 N–H and O–H groups in total.